The number of thiazole rings is 1. The number of carboxylic acid groups (broad SMARTS) is 1. The van der Waals surface area contributed by atoms with Crippen molar-refractivity contribution < 1.29 is 19.5 Å². The highest BCUT2D eigenvalue weighted by atomic mass is 32.1. The summed E-state index contributed by atoms with van der Waals surface area (Å²) >= 11 is 1.29. The second-order valence-electron chi connectivity index (χ2n) is 8.28. The molecular formula is C27H26N4O4S. The third-order valence-corrected chi connectivity index (χ3v) is 6.73. The normalized spacial score (nSPS) is 11.7. The smallest absolute Gasteiger partial charge is 0.407 e. The maximum absolute atomic E-state index is 13.4. The summed E-state index contributed by atoms with van der Waals surface area (Å²) in [7, 11) is 0. The van der Waals surface area contributed by atoms with Crippen LogP contribution in [0, 0.1) is 0 Å². The fourth-order valence-corrected chi connectivity index (χ4v) is 4.78. The van der Waals surface area contributed by atoms with E-state index in [1.54, 1.807) is 18.2 Å². The number of Topliss-reactive ketones (excluding diaryl/α,β-unsaturated/α-hetero) is 1. The number of rotatable bonds is 11. The van der Waals surface area contributed by atoms with E-state index >= 15 is 0 Å². The number of carbonyl (C=O) groups excluding carboxylic acids is 2. The number of nitrogens with zero attached hydrogens (tertiary/aromatic N) is 3. The summed E-state index contributed by atoms with van der Waals surface area (Å²) in [5.74, 6) is -0.703. The molecule has 2 amide bonds. The van der Waals surface area contributed by atoms with Crippen molar-refractivity contribution in [2.45, 2.75) is 31.8 Å². The summed E-state index contributed by atoms with van der Waals surface area (Å²) in [5.41, 5.74) is 1.87. The number of amides is 2. The molecule has 8 nitrogen and oxygen atoms in total. The van der Waals surface area contributed by atoms with Crippen LogP contribution in [0.25, 0.3) is 10.2 Å². The Morgan fingerprint density at radius 3 is 2.42 bits per heavy atom. The lowest BCUT2D eigenvalue weighted by molar-refractivity contribution is 0.0847. The predicted molar refractivity (Wildman–Crippen MR) is 138 cm³/mol. The Balaban J connectivity index is 1.42. The van der Waals surface area contributed by atoms with Crippen LogP contribution in [0.1, 0.15) is 45.1 Å². The average Bonchev–Trinajstić information content (AvgIpc) is 3.34. The molecule has 0 aliphatic heterocycles. The van der Waals surface area contributed by atoms with Gasteiger partial charge in [-0.3, -0.25) is 14.6 Å². The van der Waals surface area contributed by atoms with Gasteiger partial charge in [-0.25, -0.2) is 9.78 Å². The first-order valence-corrected chi connectivity index (χ1v) is 12.5. The van der Waals surface area contributed by atoms with Gasteiger partial charge in [0.2, 0.25) is 5.78 Å². The molecule has 2 N–H and O–H groups in total. The number of unbranched alkanes of at least 4 members (excludes halogenated alkanes) is 1. The first-order valence-electron chi connectivity index (χ1n) is 11.6. The van der Waals surface area contributed by atoms with Crippen LogP contribution in [-0.4, -0.2) is 50.3 Å². The van der Waals surface area contributed by atoms with E-state index in [1.165, 1.54) is 22.4 Å². The van der Waals surface area contributed by atoms with Gasteiger partial charge in [0.15, 0.2) is 5.01 Å². The highest BCUT2D eigenvalue weighted by Gasteiger charge is 2.26. The molecule has 0 radical (unpaired) electrons. The van der Waals surface area contributed by atoms with Gasteiger partial charge in [-0.1, -0.05) is 48.5 Å². The SMILES string of the molecule is O=C(NC(CCCCN(Cc1ccccc1)C(=O)O)C(=O)c1nc2ccccc2s1)c1ccccn1. The largest absolute Gasteiger partial charge is 0.465 e. The maximum Gasteiger partial charge on any atom is 0.407 e. The van der Waals surface area contributed by atoms with Gasteiger partial charge < -0.3 is 15.3 Å². The van der Waals surface area contributed by atoms with Crippen molar-refractivity contribution in [1.29, 1.82) is 0 Å². The Morgan fingerprint density at radius 2 is 1.69 bits per heavy atom. The number of pyridine rings is 1. The molecule has 2 aromatic heterocycles. The summed E-state index contributed by atoms with van der Waals surface area (Å²) in [4.78, 5) is 47.7. The molecule has 0 saturated carbocycles. The zero-order valence-electron chi connectivity index (χ0n) is 19.5. The first kappa shape index (κ1) is 25.0. The topological polar surface area (TPSA) is 112 Å². The van der Waals surface area contributed by atoms with Gasteiger partial charge in [0, 0.05) is 19.3 Å². The summed E-state index contributed by atoms with van der Waals surface area (Å²) < 4.78 is 0.897. The maximum atomic E-state index is 13.4. The average molecular weight is 503 g/mol. The van der Waals surface area contributed by atoms with Gasteiger partial charge >= 0.3 is 6.09 Å². The predicted octanol–water partition coefficient (Wildman–Crippen LogP) is 5.02. The second kappa shape index (κ2) is 12.0. The van der Waals surface area contributed by atoms with Gasteiger partial charge in [-0.15, -0.1) is 11.3 Å². The van der Waals surface area contributed by atoms with E-state index < -0.39 is 18.0 Å². The van der Waals surface area contributed by atoms with Crippen LogP contribution in [0.3, 0.4) is 0 Å². The monoisotopic (exact) mass is 502 g/mol. The number of fused-ring (bicyclic) bond motifs is 1. The third-order valence-electron chi connectivity index (χ3n) is 5.68. The highest BCUT2D eigenvalue weighted by molar-refractivity contribution is 7.20. The van der Waals surface area contributed by atoms with Gasteiger partial charge in [0.05, 0.1) is 16.3 Å². The molecule has 9 heteroatoms. The summed E-state index contributed by atoms with van der Waals surface area (Å²) in [5, 5.41) is 12.7. The number of ketones is 1. The van der Waals surface area contributed by atoms with E-state index in [0.29, 0.717) is 37.4 Å². The number of para-hydroxylation sites is 1. The van der Waals surface area contributed by atoms with Crippen LogP contribution < -0.4 is 5.32 Å². The number of aromatic nitrogens is 2. The molecule has 4 aromatic rings. The molecule has 0 spiro atoms. The number of carbonyl (C=O) groups is 3. The Kier molecular flexibility index (Phi) is 8.36. The molecule has 2 aromatic carbocycles. The number of hydrogen-bond donors (Lipinski definition) is 2. The lowest BCUT2D eigenvalue weighted by Crippen LogP contribution is -2.41. The summed E-state index contributed by atoms with van der Waals surface area (Å²) in [6, 6.07) is 21.1. The van der Waals surface area contributed by atoms with Crippen molar-refractivity contribution in [3.63, 3.8) is 0 Å². The highest BCUT2D eigenvalue weighted by Crippen LogP contribution is 2.23. The molecule has 36 heavy (non-hydrogen) atoms. The molecular weight excluding hydrogens is 476 g/mol. The zero-order valence-corrected chi connectivity index (χ0v) is 20.4. The van der Waals surface area contributed by atoms with Crippen molar-refractivity contribution in [3.8, 4) is 0 Å². The summed E-state index contributed by atoms with van der Waals surface area (Å²) in [6.45, 7) is 0.612. The number of hydrogen-bond acceptors (Lipinski definition) is 6. The lowest BCUT2D eigenvalue weighted by atomic mass is 10.0. The van der Waals surface area contributed by atoms with E-state index in [2.05, 4.69) is 15.3 Å². The Bertz CT molecular complexity index is 1290. The Morgan fingerprint density at radius 1 is 0.944 bits per heavy atom. The molecule has 0 aliphatic carbocycles. The molecule has 2 heterocycles. The van der Waals surface area contributed by atoms with Crippen molar-refractivity contribution in [2.24, 2.45) is 0 Å². The molecule has 0 aliphatic rings. The minimum atomic E-state index is -0.996. The van der Waals surface area contributed by atoms with Crippen molar-refractivity contribution in [2.75, 3.05) is 6.54 Å². The number of nitrogens with one attached hydrogen (secondary N) is 1. The van der Waals surface area contributed by atoms with Gasteiger partial charge in [0.1, 0.15) is 5.69 Å². The number of benzene rings is 2. The zero-order chi connectivity index (χ0) is 25.3. The van der Waals surface area contributed by atoms with E-state index in [1.807, 2.05) is 54.6 Å². The molecule has 4 rings (SSSR count). The molecule has 0 bridgehead atoms. The van der Waals surface area contributed by atoms with Crippen LogP contribution in [0.4, 0.5) is 4.79 Å². The van der Waals surface area contributed by atoms with E-state index in [0.717, 1.165) is 15.8 Å². The van der Waals surface area contributed by atoms with Crippen LogP contribution in [0.2, 0.25) is 0 Å². The first-order chi connectivity index (χ1) is 17.5. The van der Waals surface area contributed by atoms with E-state index in [-0.39, 0.29) is 11.5 Å². The lowest BCUT2D eigenvalue weighted by Gasteiger charge is -2.20. The van der Waals surface area contributed by atoms with Crippen molar-refractivity contribution in [3.05, 3.63) is 95.3 Å². The minimum absolute atomic E-state index is 0.222. The Hall–Kier alpha value is -4.11. The van der Waals surface area contributed by atoms with Gasteiger partial charge in [-0.05, 0) is 49.1 Å². The van der Waals surface area contributed by atoms with E-state index in [9.17, 15) is 19.5 Å². The fourth-order valence-electron chi connectivity index (χ4n) is 3.82. The molecule has 0 fully saturated rings. The van der Waals surface area contributed by atoms with Crippen molar-refractivity contribution >= 4 is 39.3 Å². The molecule has 1 unspecified atom stereocenters. The van der Waals surface area contributed by atoms with Crippen LogP contribution in [0.15, 0.2) is 79.0 Å². The van der Waals surface area contributed by atoms with Crippen molar-refractivity contribution in [1.82, 2.24) is 20.2 Å². The fraction of sp³-hybridized carbons (Fsp3) is 0.222. The third kappa shape index (κ3) is 6.51. The van der Waals surface area contributed by atoms with Gasteiger partial charge in [-0.2, -0.15) is 0 Å². The van der Waals surface area contributed by atoms with Crippen LogP contribution in [-0.2, 0) is 6.54 Å². The summed E-state index contributed by atoms with van der Waals surface area (Å²) in [6.07, 6.45) is 1.97. The van der Waals surface area contributed by atoms with Gasteiger partial charge in [0.25, 0.3) is 5.91 Å². The van der Waals surface area contributed by atoms with Crippen LogP contribution >= 0.6 is 11.3 Å². The van der Waals surface area contributed by atoms with E-state index in [4.69, 9.17) is 0 Å². The molecule has 184 valence electrons. The quantitative estimate of drug-likeness (QED) is 0.220. The minimum Gasteiger partial charge on any atom is -0.465 e. The standard InChI is InChI=1S/C27H26N4O4S/c32-24(26-30-20-12-4-5-15-23(20)36-26)21(29-25(33)22-14-6-8-16-28-22)13-7-9-17-31(27(34)35)18-19-10-2-1-3-11-19/h1-6,8,10-12,14-16,21H,7,9,13,17-18H2,(H,29,33)(H,34,35). The molecule has 0 saturated heterocycles. The molecule has 1 atom stereocenters. The van der Waals surface area contributed by atoms with Crippen LogP contribution in [0.5, 0.6) is 0 Å². The Labute approximate surface area is 212 Å². The second-order valence-corrected chi connectivity index (χ2v) is 9.31.